The summed E-state index contributed by atoms with van der Waals surface area (Å²) in [5.74, 6) is 2.20. The molecule has 1 aromatic heterocycles. The van der Waals surface area contributed by atoms with E-state index >= 15 is 0 Å². The van der Waals surface area contributed by atoms with Gasteiger partial charge in [0.1, 0.15) is 5.82 Å². The van der Waals surface area contributed by atoms with Crippen LogP contribution in [0.2, 0.25) is 0 Å². The number of benzene rings is 1. The number of anilines is 1. The van der Waals surface area contributed by atoms with E-state index in [4.69, 9.17) is 0 Å². The molecule has 1 aromatic carbocycles. The van der Waals surface area contributed by atoms with Crippen molar-refractivity contribution in [2.24, 2.45) is 23.7 Å². The smallest absolute Gasteiger partial charge is 0.223 e. The van der Waals surface area contributed by atoms with Gasteiger partial charge >= 0.3 is 0 Å². The van der Waals surface area contributed by atoms with Gasteiger partial charge in [0, 0.05) is 45.3 Å². The molecule has 2 aromatic rings. The van der Waals surface area contributed by atoms with Gasteiger partial charge < -0.3 is 9.80 Å². The molecular formula is C29H40N4O3S. The van der Waals surface area contributed by atoms with Gasteiger partial charge in [-0.3, -0.25) is 4.79 Å². The summed E-state index contributed by atoms with van der Waals surface area (Å²) in [5.41, 5.74) is 1.98. The Balaban J connectivity index is 1.33. The number of hydrogen-bond acceptors (Lipinski definition) is 5. The van der Waals surface area contributed by atoms with E-state index in [0.29, 0.717) is 37.9 Å². The molecule has 1 amide bonds. The van der Waals surface area contributed by atoms with Crippen LogP contribution in [0.25, 0.3) is 0 Å². The van der Waals surface area contributed by atoms with E-state index in [0.717, 1.165) is 30.9 Å². The topological polar surface area (TPSA) is 82.6 Å². The molecule has 0 radical (unpaired) electrons. The summed E-state index contributed by atoms with van der Waals surface area (Å²) < 4.78 is 28.3. The molecule has 4 rings (SSSR count). The molecule has 2 aliphatic rings. The van der Waals surface area contributed by atoms with Crippen molar-refractivity contribution in [3.8, 4) is 0 Å². The van der Waals surface area contributed by atoms with Crippen LogP contribution in [-0.4, -0.2) is 56.9 Å². The maximum absolute atomic E-state index is 13.2. The quantitative estimate of drug-likeness (QED) is 0.500. The molecule has 1 N–H and O–H groups in total. The van der Waals surface area contributed by atoms with Crippen molar-refractivity contribution in [2.45, 2.75) is 39.4 Å². The minimum absolute atomic E-state index is 0.0136. The zero-order chi connectivity index (χ0) is 26.4. The number of carbonyl (C=O) groups excluding carboxylic acids is 1. The summed E-state index contributed by atoms with van der Waals surface area (Å²) in [6.07, 6.45) is 5.44. The molecule has 7 nitrogen and oxygen atoms in total. The van der Waals surface area contributed by atoms with Crippen LogP contribution < -0.4 is 9.62 Å². The molecule has 3 atom stereocenters. The highest BCUT2D eigenvalue weighted by molar-refractivity contribution is 7.88. The summed E-state index contributed by atoms with van der Waals surface area (Å²) in [4.78, 5) is 21.9. The number of pyridine rings is 1. The summed E-state index contributed by atoms with van der Waals surface area (Å²) in [6.45, 7) is 9.89. The number of carbonyl (C=O) groups is 1. The fourth-order valence-electron chi connectivity index (χ4n) is 5.64. The van der Waals surface area contributed by atoms with Crippen LogP contribution in [0, 0.1) is 23.7 Å². The van der Waals surface area contributed by atoms with Crippen molar-refractivity contribution in [3.63, 3.8) is 0 Å². The standard InChI is InChI=1S/C29H40N4O3S/c1-22(2)27-18-25(19-29(34)33-15-13-32(14-16-33)28-11-7-8-12-30-28)23(3)17-26(27)20-31-37(35,36)21-24-9-5-4-6-10-24/h4-12,17,22,25-27,31H,13-16,18-21H2,1-3H3. The van der Waals surface area contributed by atoms with Crippen molar-refractivity contribution in [1.29, 1.82) is 0 Å². The predicted molar refractivity (Wildman–Crippen MR) is 148 cm³/mol. The SMILES string of the molecule is CC1=CC(CNS(=O)(=O)Cc2ccccc2)C(C(C)C)CC1CC(=O)N1CCN(c2ccccn2)CC1. The van der Waals surface area contributed by atoms with Crippen molar-refractivity contribution in [3.05, 3.63) is 71.9 Å². The van der Waals surface area contributed by atoms with Gasteiger partial charge in [-0.1, -0.05) is 61.9 Å². The molecular weight excluding hydrogens is 484 g/mol. The van der Waals surface area contributed by atoms with E-state index in [2.05, 4.69) is 41.5 Å². The lowest BCUT2D eigenvalue weighted by Gasteiger charge is -2.39. The van der Waals surface area contributed by atoms with Crippen molar-refractivity contribution < 1.29 is 13.2 Å². The van der Waals surface area contributed by atoms with Gasteiger partial charge in [0.15, 0.2) is 0 Å². The average Bonchev–Trinajstić information content (AvgIpc) is 2.89. The molecule has 1 aliphatic heterocycles. The molecule has 3 unspecified atom stereocenters. The Hall–Kier alpha value is -2.71. The van der Waals surface area contributed by atoms with Crippen molar-refractivity contribution in [1.82, 2.24) is 14.6 Å². The molecule has 0 bridgehead atoms. The Morgan fingerprint density at radius 2 is 1.76 bits per heavy atom. The molecule has 1 aliphatic carbocycles. The van der Waals surface area contributed by atoms with Crippen LogP contribution in [0.5, 0.6) is 0 Å². The van der Waals surface area contributed by atoms with Gasteiger partial charge in [-0.05, 0) is 54.7 Å². The number of nitrogens with zero attached hydrogens (tertiary/aromatic N) is 3. The van der Waals surface area contributed by atoms with Crippen LogP contribution in [0.4, 0.5) is 5.82 Å². The second-order valence-corrected chi connectivity index (χ2v) is 12.6. The van der Waals surface area contributed by atoms with Crippen molar-refractivity contribution in [2.75, 3.05) is 37.6 Å². The highest BCUT2D eigenvalue weighted by Gasteiger charge is 2.34. The van der Waals surface area contributed by atoms with Gasteiger partial charge in [0.2, 0.25) is 15.9 Å². The van der Waals surface area contributed by atoms with Gasteiger partial charge in [0.05, 0.1) is 5.75 Å². The Morgan fingerprint density at radius 3 is 2.41 bits per heavy atom. The molecule has 200 valence electrons. The summed E-state index contributed by atoms with van der Waals surface area (Å²) in [5, 5.41) is 0. The second kappa shape index (κ2) is 12.2. The first-order chi connectivity index (χ1) is 17.7. The third-order valence-corrected chi connectivity index (χ3v) is 9.17. The van der Waals surface area contributed by atoms with Crippen LogP contribution >= 0.6 is 0 Å². The highest BCUT2D eigenvalue weighted by Crippen LogP contribution is 2.39. The number of sulfonamides is 1. The molecule has 1 fully saturated rings. The maximum atomic E-state index is 13.2. The Labute approximate surface area is 222 Å². The first kappa shape index (κ1) is 27.3. The van der Waals surface area contributed by atoms with E-state index in [9.17, 15) is 13.2 Å². The van der Waals surface area contributed by atoms with Crippen LogP contribution in [0.3, 0.4) is 0 Å². The summed E-state index contributed by atoms with van der Waals surface area (Å²) >= 11 is 0. The molecule has 0 spiro atoms. The monoisotopic (exact) mass is 524 g/mol. The number of piperazine rings is 1. The number of nitrogens with one attached hydrogen (secondary N) is 1. The van der Waals surface area contributed by atoms with Crippen LogP contribution in [-0.2, 0) is 20.6 Å². The third-order valence-electron chi connectivity index (χ3n) is 7.85. The zero-order valence-electron chi connectivity index (χ0n) is 22.2. The molecule has 0 saturated carbocycles. The van der Waals surface area contributed by atoms with Crippen LogP contribution in [0.1, 0.15) is 39.2 Å². The number of allylic oxidation sites excluding steroid dienone is 1. The minimum Gasteiger partial charge on any atom is -0.353 e. The van der Waals surface area contributed by atoms with E-state index in [1.165, 1.54) is 5.57 Å². The maximum Gasteiger partial charge on any atom is 0.223 e. The largest absolute Gasteiger partial charge is 0.353 e. The number of rotatable bonds is 9. The Bertz CT molecular complexity index is 1160. The first-order valence-corrected chi connectivity index (χ1v) is 15.0. The molecule has 1 saturated heterocycles. The second-order valence-electron chi connectivity index (χ2n) is 10.8. The molecule has 2 heterocycles. The van der Waals surface area contributed by atoms with Gasteiger partial charge in [-0.2, -0.15) is 0 Å². The van der Waals surface area contributed by atoms with E-state index in [1.54, 1.807) is 6.20 Å². The Kier molecular flexibility index (Phi) is 9.03. The lowest BCUT2D eigenvalue weighted by molar-refractivity contribution is -0.132. The lowest BCUT2D eigenvalue weighted by Crippen LogP contribution is -2.49. The normalized spacial score (nSPS) is 22.7. The fraction of sp³-hybridized carbons (Fsp3) is 0.517. The van der Waals surface area contributed by atoms with E-state index < -0.39 is 10.0 Å². The van der Waals surface area contributed by atoms with Crippen LogP contribution in [0.15, 0.2) is 66.4 Å². The van der Waals surface area contributed by atoms with Crippen molar-refractivity contribution >= 4 is 21.7 Å². The van der Waals surface area contributed by atoms with E-state index in [-0.39, 0.29) is 23.5 Å². The summed E-state index contributed by atoms with van der Waals surface area (Å²) in [6, 6.07) is 15.2. The average molecular weight is 525 g/mol. The minimum atomic E-state index is -3.42. The lowest BCUT2D eigenvalue weighted by atomic mass is 9.70. The first-order valence-electron chi connectivity index (χ1n) is 13.3. The highest BCUT2D eigenvalue weighted by atomic mass is 32.2. The number of aromatic nitrogens is 1. The molecule has 8 heteroatoms. The number of amides is 1. The van der Waals surface area contributed by atoms with Gasteiger partial charge in [-0.15, -0.1) is 0 Å². The fourth-order valence-corrected chi connectivity index (χ4v) is 6.82. The van der Waals surface area contributed by atoms with Gasteiger partial charge in [0.25, 0.3) is 0 Å². The molecule has 37 heavy (non-hydrogen) atoms. The van der Waals surface area contributed by atoms with E-state index in [1.807, 2.05) is 53.4 Å². The Morgan fingerprint density at radius 1 is 1.05 bits per heavy atom. The third kappa shape index (κ3) is 7.42. The number of hydrogen-bond donors (Lipinski definition) is 1. The summed E-state index contributed by atoms with van der Waals surface area (Å²) in [7, 11) is -3.42. The zero-order valence-corrected chi connectivity index (χ0v) is 23.0. The van der Waals surface area contributed by atoms with Gasteiger partial charge in [-0.25, -0.2) is 18.1 Å². The predicted octanol–water partition coefficient (Wildman–Crippen LogP) is 4.09.